The van der Waals surface area contributed by atoms with Gasteiger partial charge in [-0.1, -0.05) is 13.8 Å². The lowest BCUT2D eigenvalue weighted by atomic mass is 10.0. The van der Waals surface area contributed by atoms with E-state index in [0.717, 1.165) is 22.5 Å². The van der Waals surface area contributed by atoms with Crippen molar-refractivity contribution in [2.75, 3.05) is 31.5 Å². The Morgan fingerprint density at radius 1 is 1.00 bits per heavy atom. The Bertz CT molecular complexity index is 1580. The van der Waals surface area contributed by atoms with Crippen LogP contribution in [0, 0.1) is 12.8 Å². The van der Waals surface area contributed by atoms with E-state index >= 15 is 0 Å². The fourth-order valence-electron chi connectivity index (χ4n) is 4.94. The molecule has 1 atom stereocenters. The average molecular weight is 578 g/mol. The smallest absolute Gasteiger partial charge is 0.387 e. The third-order valence-electron chi connectivity index (χ3n) is 7.40. The number of rotatable bonds is 8. The second-order valence-corrected chi connectivity index (χ2v) is 10.6. The van der Waals surface area contributed by atoms with Gasteiger partial charge < -0.3 is 25.6 Å². The van der Waals surface area contributed by atoms with Crippen LogP contribution >= 0.6 is 0 Å². The van der Waals surface area contributed by atoms with Crippen LogP contribution in [0.3, 0.4) is 0 Å². The summed E-state index contributed by atoms with van der Waals surface area (Å²) < 4.78 is 31.3. The molecule has 1 aliphatic rings. The summed E-state index contributed by atoms with van der Waals surface area (Å²) >= 11 is 0. The molecule has 220 valence electrons. The molecule has 1 aliphatic heterocycles. The maximum atomic E-state index is 13.3. The number of nitrogens with one attached hydrogen (secondary N) is 1. The highest BCUT2D eigenvalue weighted by Crippen LogP contribution is 2.28. The van der Waals surface area contributed by atoms with Crippen LogP contribution in [0.1, 0.15) is 29.8 Å². The molecular formula is C30H33F2N7O3. The van der Waals surface area contributed by atoms with Gasteiger partial charge in [0, 0.05) is 55.4 Å². The number of carbonyl (C=O) groups is 2. The van der Waals surface area contributed by atoms with Gasteiger partial charge in [0.25, 0.3) is 5.91 Å². The summed E-state index contributed by atoms with van der Waals surface area (Å²) in [6.45, 7) is 4.65. The second kappa shape index (κ2) is 12.1. The van der Waals surface area contributed by atoms with Gasteiger partial charge in [-0.3, -0.25) is 14.0 Å². The third kappa shape index (κ3) is 6.03. The largest absolute Gasteiger partial charge is 0.435 e. The number of benzene rings is 2. The molecule has 1 fully saturated rings. The minimum absolute atomic E-state index is 0.0551. The molecule has 1 saturated heterocycles. The molecule has 3 N–H and O–H groups in total. The van der Waals surface area contributed by atoms with Crippen molar-refractivity contribution in [3.05, 3.63) is 72.2 Å². The van der Waals surface area contributed by atoms with E-state index in [1.54, 1.807) is 46.6 Å². The molecule has 4 aromatic rings. The molecule has 42 heavy (non-hydrogen) atoms. The number of nitrogens with zero attached hydrogens (tertiary/aromatic N) is 5. The van der Waals surface area contributed by atoms with Gasteiger partial charge in [-0.2, -0.15) is 8.78 Å². The van der Waals surface area contributed by atoms with Crippen molar-refractivity contribution < 1.29 is 23.1 Å². The zero-order chi connectivity index (χ0) is 30.0. The number of halogens is 2. The summed E-state index contributed by atoms with van der Waals surface area (Å²) in [7, 11) is 0. The Morgan fingerprint density at radius 3 is 2.33 bits per heavy atom. The predicted molar refractivity (Wildman–Crippen MR) is 155 cm³/mol. The van der Waals surface area contributed by atoms with Gasteiger partial charge in [0.2, 0.25) is 5.91 Å². The SMILES string of the molecule is Cc1cc(Nc2nccn3c(-c4ccc(OC(F)F)cc4)cnc23)ccc1C(=O)N1CCN(C(=O)[C@H](N)C(C)C)CC1. The van der Waals surface area contributed by atoms with Gasteiger partial charge >= 0.3 is 6.61 Å². The fraction of sp³-hybridized carbons (Fsp3) is 0.333. The number of carbonyl (C=O) groups excluding carboxylic acids is 2. The molecule has 2 aromatic carbocycles. The van der Waals surface area contributed by atoms with Crippen molar-refractivity contribution in [2.24, 2.45) is 11.7 Å². The molecule has 10 nitrogen and oxygen atoms in total. The molecule has 0 spiro atoms. The highest BCUT2D eigenvalue weighted by atomic mass is 19.3. The van der Waals surface area contributed by atoms with Crippen LogP contribution in [0.4, 0.5) is 20.3 Å². The summed E-state index contributed by atoms with van der Waals surface area (Å²) in [6.07, 6.45) is 5.09. The maximum Gasteiger partial charge on any atom is 0.387 e. The lowest BCUT2D eigenvalue weighted by Gasteiger charge is -2.36. The number of nitrogens with two attached hydrogens (primary N) is 1. The Balaban J connectivity index is 1.27. The minimum atomic E-state index is -2.89. The molecule has 0 bridgehead atoms. The molecule has 2 aromatic heterocycles. The molecule has 5 rings (SSSR count). The number of piperazine rings is 1. The summed E-state index contributed by atoms with van der Waals surface area (Å²) in [5, 5.41) is 3.29. The van der Waals surface area contributed by atoms with Crippen molar-refractivity contribution in [3.63, 3.8) is 0 Å². The van der Waals surface area contributed by atoms with Crippen molar-refractivity contribution in [2.45, 2.75) is 33.4 Å². The van der Waals surface area contributed by atoms with Crippen molar-refractivity contribution >= 4 is 29.0 Å². The highest BCUT2D eigenvalue weighted by Gasteiger charge is 2.29. The first-order chi connectivity index (χ1) is 20.1. The number of hydrogen-bond acceptors (Lipinski definition) is 7. The van der Waals surface area contributed by atoms with Crippen LogP contribution in [0.2, 0.25) is 0 Å². The van der Waals surface area contributed by atoms with Crippen LogP contribution in [-0.2, 0) is 4.79 Å². The standard InChI is InChI=1S/C30H33F2N7O3/c1-18(2)25(33)29(41)38-14-12-37(13-15-38)28(40)23-9-6-21(16-19(23)3)36-26-27-35-17-24(39(27)11-10-34-26)20-4-7-22(8-5-20)42-30(31)32/h4-11,16-18,25,30H,12-15,33H2,1-3H3,(H,34,36)/t25-/m1/s1. The van der Waals surface area contributed by atoms with Gasteiger partial charge in [-0.25, -0.2) is 9.97 Å². The molecule has 0 radical (unpaired) electrons. The van der Waals surface area contributed by atoms with Crippen LogP contribution < -0.4 is 15.8 Å². The first-order valence-corrected chi connectivity index (χ1v) is 13.7. The van der Waals surface area contributed by atoms with Crippen LogP contribution in [0.5, 0.6) is 5.75 Å². The van der Waals surface area contributed by atoms with Crippen molar-refractivity contribution in [1.29, 1.82) is 0 Å². The van der Waals surface area contributed by atoms with Gasteiger partial charge in [0.15, 0.2) is 11.5 Å². The number of imidazole rings is 1. The van der Waals surface area contributed by atoms with E-state index < -0.39 is 12.7 Å². The first-order valence-electron chi connectivity index (χ1n) is 13.7. The Kier molecular flexibility index (Phi) is 8.34. The fourth-order valence-corrected chi connectivity index (χ4v) is 4.94. The zero-order valence-electron chi connectivity index (χ0n) is 23.6. The lowest BCUT2D eigenvalue weighted by Crippen LogP contribution is -2.55. The van der Waals surface area contributed by atoms with E-state index in [4.69, 9.17) is 5.73 Å². The summed E-state index contributed by atoms with van der Waals surface area (Å²) in [4.78, 5) is 38.3. The molecule has 0 saturated carbocycles. The molecular weight excluding hydrogens is 544 g/mol. The van der Waals surface area contributed by atoms with E-state index in [2.05, 4.69) is 20.0 Å². The number of aryl methyl sites for hydroxylation is 1. The number of fused-ring (bicyclic) bond motifs is 1. The molecule has 2 amide bonds. The minimum Gasteiger partial charge on any atom is -0.435 e. The Labute approximate surface area is 242 Å². The number of hydrogen-bond donors (Lipinski definition) is 2. The topological polar surface area (TPSA) is 118 Å². The molecule has 3 heterocycles. The van der Waals surface area contributed by atoms with Crippen LogP contribution in [-0.4, -0.2) is 74.8 Å². The molecule has 0 unspecified atom stereocenters. The van der Waals surface area contributed by atoms with E-state index in [1.165, 1.54) is 12.1 Å². The third-order valence-corrected chi connectivity index (χ3v) is 7.40. The van der Waals surface area contributed by atoms with Crippen LogP contribution in [0.25, 0.3) is 16.9 Å². The normalized spacial score (nSPS) is 14.5. The van der Waals surface area contributed by atoms with Gasteiger partial charge in [0.1, 0.15) is 5.75 Å². The van der Waals surface area contributed by atoms with Crippen molar-refractivity contribution in [3.8, 4) is 17.0 Å². The number of anilines is 2. The lowest BCUT2D eigenvalue weighted by molar-refractivity contribution is -0.135. The Hall–Kier alpha value is -4.58. The molecule has 12 heteroatoms. The summed E-state index contributed by atoms with van der Waals surface area (Å²) in [5.41, 5.74) is 10.3. The van der Waals surface area contributed by atoms with E-state index in [0.29, 0.717) is 43.2 Å². The number of aromatic nitrogens is 3. The predicted octanol–water partition coefficient (Wildman–Crippen LogP) is 4.32. The number of amides is 2. The number of alkyl halides is 2. The van der Waals surface area contributed by atoms with Gasteiger partial charge in [-0.15, -0.1) is 0 Å². The first kappa shape index (κ1) is 28.9. The monoisotopic (exact) mass is 577 g/mol. The zero-order valence-corrected chi connectivity index (χ0v) is 23.6. The van der Waals surface area contributed by atoms with Crippen LogP contribution in [0.15, 0.2) is 61.1 Å². The summed E-state index contributed by atoms with van der Waals surface area (Å²) in [6, 6.07) is 11.3. The Morgan fingerprint density at radius 2 is 1.69 bits per heavy atom. The maximum absolute atomic E-state index is 13.3. The average Bonchev–Trinajstić information content (AvgIpc) is 3.41. The molecule has 0 aliphatic carbocycles. The highest BCUT2D eigenvalue weighted by molar-refractivity contribution is 5.96. The number of ether oxygens (including phenoxy) is 1. The van der Waals surface area contributed by atoms with Crippen molar-refractivity contribution in [1.82, 2.24) is 24.2 Å². The van der Waals surface area contributed by atoms with E-state index in [9.17, 15) is 18.4 Å². The van der Waals surface area contributed by atoms with E-state index in [1.807, 2.05) is 37.3 Å². The van der Waals surface area contributed by atoms with Gasteiger partial charge in [-0.05, 0) is 60.9 Å². The second-order valence-electron chi connectivity index (χ2n) is 10.6. The summed E-state index contributed by atoms with van der Waals surface area (Å²) in [5.74, 6) is 0.490. The van der Waals surface area contributed by atoms with E-state index in [-0.39, 0.29) is 23.5 Å². The van der Waals surface area contributed by atoms with Gasteiger partial charge in [0.05, 0.1) is 17.9 Å². The quantitative estimate of drug-likeness (QED) is 0.320.